The van der Waals surface area contributed by atoms with Crippen LogP contribution in [0.2, 0.25) is 0 Å². The van der Waals surface area contributed by atoms with Gasteiger partial charge in [-0.3, -0.25) is 4.79 Å². The number of hydrogen-bond acceptors (Lipinski definition) is 1. The summed E-state index contributed by atoms with van der Waals surface area (Å²) in [6.07, 6.45) is 7.68. The molecule has 0 fully saturated rings. The fourth-order valence-corrected chi connectivity index (χ4v) is 1.77. The Bertz CT molecular complexity index is 102. The molecular formula is C9H19OP. The molecule has 1 unspecified atom stereocenters. The predicted molar refractivity (Wildman–Crippen MR) is 52.6 cm³/mol. The van der Waals surface area contributed by atoms with Crippen molar-refractivity contribution in [2.75, 3.05) is 6.16 Å². The third-order valence-electron chi connectivity index (χ3n) is 1.65. The Kier molecular flexibility index (Phi) is 8.27. The third-order valence-corrected chi connectivity index (χ3v) is 2.76. The Hall–Kier alpha value is 0.100. The summed E-state index contributed by atoms with van der Waals surface area (Å²) < 4.78 is 0. The van der Waals surface area contributed by atoms with Crippen LogP contribution in [0.1, 0.15) is 46.0 Å². The zero-order valence-electron chi connectivity index (χ0n) is 7.65. The van der Waals surface area contributed by atoms with Gasteiger partial charge in [0.25, 0.3) is 0 Å². The number of rotatable bonds is 7. The Morgan fingerprint density at radius 1 is 1.18 bits per heavy atom. The summed E-state index contributed by atoms with van der Waals surface area (Å²) in [6, 6.07) is 0. The molecule has 0 saturated carbocycles. The van der Waals surface area contributed by atoms with Crippen LogP contribution in [0.15, 0.2) is 0 Å². The molecular weight excluding hydrogens is 155 g/mol. The minimum Gasteiger partial charge on any atom is -0.295 e. The smallest absolute Gasteiger partial charge is 0.148 e. The second kappa shape index (κ2) is 8.20. The van der Waals surface area contributed by atoms with Crippen molar-refractivity contribution in [3.05, 3.63) is 0 Å². The van der Waals surface area contributed by atoms with Gasteiger partial charge in [-0.2, -0.15) is 0 Å². The van der Waals surface area contributed by atoms with E-state index in [9.17, 15) is 4.79 Å². The maximum atomic E-state index is 10.5. The van der Waals surface area contributed by atoms with Gasteiger partial charge in [-0.1, -0.05) is 41.2 Å². The van der Waals surface area contributed by atoms with Crippen LogP contribution in [-0.2, 0) is 4.79 Å². The Morgan fingerprint density at radius 3 is 2.36 bits per heavy atom. The molecule has 1 atom stereocenters. The van der Waals surface area contributed by atoms with Gasteiger partial charge in [-0.25, -0.2) is 0 Å². The van der Waals surface area contributed by atoms with E-state index in [1.54, 1.807) is 6.92 Å². The highest BCUT2D eigenvalue weighted by atomic mass is 31.1. The molecule has 0 spiro atoms. The predicted octanol–water partition coefficient (Wildman–Crippen LogP) is 3.18. The van der Waals surface area contributed by atoms with Crippen molar-refractivity contribution in [3.8, 4) is 0 Å². The highest BCUT2D eigenvalue weighted by Crippen LogP contribution is 2.14. The maximum absolute atomic E-state index is 10.5. The summed E-state index contributed by atoms with van der Waals surface area (Å²) in [4.78, 5) is 10.5. The quantitative estimate of drug-likeness (QED) is 0.428. The van der Waals surface area contributed by atoms with Gasteiger partial charge in [0.2, 0.25) is 0 Å². The minimum atomic E-state index is 0.362. The molecule has 0 aromatic heterocycles. The monoisotopic (exact) mass is 174 g/mol. The van der Waals surface area contributed by atoms with E-state index >= 15 is 0 Å². The molecule has 0 N–H and O–H groups in total. The van der Waals surface area contributed by atoms with Gasteiger partial charge in [0.05, 0.1) is 0 Å². The van der Waals surface area contributed by atoms with Crippen molar-refractivity contribution >= 4 is 14.1 Å². The average molecular weight is 174 g/mol. The number of carbonyl (C=O) groups excluding carboxylic acids is 1. The summed E-state index contributed by atoms with van der Waals surface area (Å²) in [7, 11) is 0.562. The van der Waals surface area contributed by atoms with Gasteiger partial charge in [0, 0.05) is 0 Å². The zero-order chi connectivity index (χ0) is 8.53. The largest absolute Gasteiger partial charge is 0.295 e. The van der Waals surface area contributed by atoms with Crippen molar-refractivity contribution in [1.29, 1.82) is 0 Å². The second-order valence-electron chi connectivity index (χ2n) is 2.90. The zero-order valence-corrected chi connectivity index (χ0v) is 8.65. The maximum Gasteiger partial charge on any atom is 0.148 e. The van der Waals surface area contributed by atoms with Crippen LogP contribution in [0.5, 0.6) is 0 Å². The molecule has 0 bridgehead atoms. The lowest BCUT2D eigenvalue weighted by atomic mass is 10.2. The summed E-state index contributed by atoms with van der Waals surface area (Å²) in [5.74, 6) is 0. The molecule has 0 aliphatic heterocycles. The lowest BCUT2D eigenvalue weighted by Gasteiger charge is -1.97. The normalized spacial score (nSPS) is 11.1. The van der Waals surface area contributed by atoms with Crippen LogP contribution in [0.3, 0.4) is 0 Å². The van der Waals surface area contributed by atoms with Crippen molar-refractivity contribution in [2.24, 2.45) is 0 Å². The summed E-state index contributed by atoms with van der Waals surface area (Å²) in [5, 5.41) is 0. The second-order valence-corrected chi connectivity index (χ2v) is 4.45. The van der Waals surface area contributed by atoms with E-state index in [4.69, 9.17) is 0 Å². The topological polar surface area (TPSA) is 17.1 Å². The van der Waals surface area contributed by atoms with Gasteiger partial charge in [0.15, 0.2) is 0 Å². The van der Waals surface area contributed by atoms with E-state index in [1.807, 2.05) is 0 Å². The lowest BCUT2D eigenvalue weighted by Crippen LogP contribution is -1.83. The van der Waals surface area contributed by atoms with Crippen molar-refractivity contribution in [1.82, 2.24) is 0 Å². The van der Waals surface area contributed by atoms with E-state index in [0.29, 0.717) is 14.1 Å². The molecule has 2 heteroatoms. The number of unbranched alkanes of at least 4 members (excludes halogenated alkanes) is 4. The van der Waals surface area contributed by atoms with Crippen LogP contribution in [0.4, 0.5) is 0 Å². The summed E-state index contributed by atoms with van der Waals surface area (Å²) >= 11 is 0. The van der Waals surface area contributed by atoms with Gasteiger partial charge >= 0.3 is 0 Å². The Balaban J connectivity index is 2.85. The molecule has 0 saturated heterocycles. The van der Waals surface area contributed by atoms with E-state index < -0.39 is 0 Å². The van der Waals surface area contributed by atoms with Gasteiger partial charge in [-0.05, 0) is 19.5 Å². The van der Waals surface area contributed by atoms with Crippen LogP contribution in [0, 0.1) is 0 Å². The van der Waals surface area contributed by atoms with E-state index in [-0.39, 0.29) is 0 Å². The highest BCUT2D eigenvalue weighted by Gasteiger charge is 1.92. The molecule has 0 amide bonds. The minimum absolute atomic E-state index is 0.362. The molecule has 0 heterocycles. The standard InChI is InChI=1S/C9H19OP/c1-3-4-5-6-7-8-11-9(2)10/h11H,3-8H2,1-2H3. The first kappa shape index (κ1) is 11.1. The first-order chi connectivity index (χ1) is 5.27. The molecule has 0 rings (SSSR count). The Morgan fingerprint density at radius 2 is 1.82 bits per heavy atom. The number of hydrogen-bond donors (Lipinski definition) is 0. The van der Waals surface area contributed by atoms with Crippen LogP contribution in [-0.4, -0.2) is 11.7 Å². The van der Waals surface area contributed by atoms with Crippen molar-refractivity contribution < 1.29 is 4.79 Å². The summed E-state index contributed by atoms with van der Waals surface area (Å²) in [6.45, 7) is 3.90. The Labute approximate surface area is 71.7 Å². The molecule has 66 valence electrons. The highest BCUT2D eigenvalue weighted by molar-refractivity contribution is 7.57. The van der Waals surface area contributed by atoms with E-state index in [1.165, 1.54) is 32.1 Å². The van der Waals surface area contributed by atoms with Crippen LogP contribution >= 0.6 is 8.58 Å². The van der Waals surface area contributed by atoms with Crippen molar-refractivity contribution in [2.45, 2.75) is 46.0 Å². The van der Waals surface area contributed by atoms with Gasteiger partial charge in [-0.15, -0.1) is 0 Å². The van der Waals surface area contributed by atoms with Gasteiger partial charge in [0.1, 0.15) is 5.52 Å². The molecule has 0 radical (unpaired) electrons. The molecule has 0 aliphatic carbocycles. The SMILES string of the molecule is CCCCCCCPC(C)=O. The first-order valence-electron chi connectivity index (χ1n) is 4.51. The van der Waals surface area contributed by atoms with Gasteiger partial charge < -0.3 is 0 Å². The summed E-state index contributed by atoms with van der Waals surface area (Å²) in [5.41, 5.74) is 0.362. The third kappa shape index (κ3) is 10.1. The van der Waals surface area contributed by atoms with Crippen molar-refractivity contribution in [3.63, 3.8) is 0 Å². The molecule has 1 nitrogen and oxygen atoms in total. The molecule has 0 aromatic rings. The molecule has 11 heavy (non-hydrogen) atoms. The fourth-order valence-electron chi connectivity index (χ4n) is 0.993. The van der Waals surface area contributed by atoms with E-state index in [2.05, 4.69) is 6.92 Å². The molecule has 0 aliphatic rings. The first-order valence-corrected chi connectivity index (χ1v) is 5.72. The number of carbonyl (C=O) groups is 1. The van der Waals surface area contributed by atoms with Crippen LogP contribution < -0.4 is 0 Å². The fraction of sp³-hybridized carbons (Fsp3) is 0.889. The van der Waals surface area contributed by atoms with E-state index in [0.717, 1.165) is 6.16 Å². The lowest BCUT2D eigenvalue weighted by molar-refractivity contribution is -0.109. The average Bonchev–Trinajstić information content (AvgIpc) is 1.96. The van der Waals surface area contributed by atoms with Crippen LogP contribution in [0.25, 0.3) is 0 Å². The molecule has 0 aromatic carbocycles.